The Labute approximate surface area is 137 Å². The SMILES string of the molecule is CCCNC(C1=CCCCO1)c1cc(I)ccc1Br. The van der Waals surface area contributed by atoms with E-state index in [4.69, 9.17) is 4.74 Å². The van der Waals surface area contributed by atoms with E-state index in [2.05, 4.69) is 75.0 Å². The van der Waals surface area contributed by atoms with Gasteiger partial charge in [0, 0.05) is 8.04 Å². The molecule has 1 N–H and O–H groups in total. The average Bonchev–Trinajstić information content (AvgIpc) is 2.44. The lowest BCUT2D eigenvalue weighted by Crippen LogP contribution is -2.26. The fourth-order valence-electron chi connectivity index (χ4n) is 2.17. The van der Waals surface area contributed by atoms with Crippen LogP contribution in [0.2, 0.25) is 0 Å². The third kappa shape index (κ3) is 4.20. The summed E-state index contributed by atoms with van der Waals surface area (Å²) in [5, 5.41) is 3.60. The molecular weight excluding hydrogens is 417 g/mol. The van der Waals surface area contributed by atoms with Gasteiger partial charge in [0.15, 0.2) is 0 Å². The maximum absolute atomic E-state index is 5.86. The monoisotopic (exact) mass is 435 g/mol. The fraction of sp³-hybridized carbons (Fsp3) is 0.467. The maximum Gasteiger partial charge on any atom is 0.113 e. The molecule has 1 aromatic carbocycles. The maximum atomic E-state index is 5.86. The van der Waals surface area contributed by atoms with Crippen molar-refractivity contribution in [3.05, 3.63) is 43.6 Å². The highest BCUT2D eigenvalue weighted by atomic mass is 127. The first kappa shape index (κ1) is 15.3. The Morgan fingerprint density at radius 3 is 3.00 bits per heavy atom. The highest BCUT2D eigenvalue weighted by molar-refractivity contribution is 14.1. The van der Waals surface area contributed by atoms with Crippen LogP contribution in [0.25, 0.3) is 0 Å². The van der Waals surface area contributed by atoms with E-state index < -0.39 is 0 Å². The number of benzene rings is 1. The quantitative estimate of drug-likeness (QED) is 0.671. The van der Waals surface area contributed by atoms with E-state index in [0.29, 0.717) is 0 Å². The van der Waals surface area contributed by atoms with Crippen molar-refractivity contribution >= 4 is 38.5 Å². The number of hydrogen-bond donors (Lipinski definition) is 1. The molecule has 0 aliphatic carbocycles. The summed E-state index contributed by atoms with van der Waals surface area (Å²) >= 11 is 6.02. The molecule has 0 radical (unpaired) electrons. The number of hydrogen-bond acceptors (Lipinski definition) is 2. The van der Waals surface area contributed by atoms with Crippen LogP contribution in [0, 0.1) is 3.57 Å². The fourth-order valence-corrected chi connectivity index (χ4v) is 3.16. The van der Waals surface area contributed by atoms with Gasteiger partial charge < -0.3 is 10.1 Å². The molecule has 1 atom stereocenters. The Hall–Kier alpha value is -0.0700. The van der Waals surface area contributed by atoms with Crippen molar-refractivity contribution in [2.45, 2.75) is 32.2 Å². The third-order valence-electron chi connectivity index (χ3n) is 3.11. The van der Waals surface area contributed by atoms with E-state index in [9.17, 15) is 0 Å². The van der Waals surface area contributed by atoms with Gasteiger partial charge in [0.2, 0.25) is 0 Å². The predicted octanol–water partition coefficient (Wildman–Crippen LogP) is 4.79. The van der Waals surface area contributed by atoms with Crippen molar-refractivity contribution < 1.29 is 4.74 Å². The smallest absolute Gasteiger partial charge is 0.113 e. The van der Waals surface area contributed by atoms with Crippen LogP contribution in [-0.4, -0.2) is 13.2 Å². The van der Waals surface area contributed by atoms with Crippen LogP contribution in [0.5, 0.6) is 0 Å². The second-order valence-electron chi connectivity index (χ2n) is 4.65. The molecular formula is C15H19BrINO. The van der Waals surface area contributed by atoms with Gasteiger partial charge in [-0.05, 0) is 78.2 Å². The zero-order chi connectivity index (χ0) is 13.7. The minimum atomic E-state index is 0.157. The molecule has 0 spiro atoms. The Kier molecular flexibility index (Phi) is 6.16. The molecule has 2 rings (SSSR count). The molecule has 0 bridgehead atoms. The van der Waals surface area contributed by atoms with Crippen LogP contribution in [0.3, 0.4) is 0 Å². The van der Waals surface area contributed by atoms with E-state index in [1.54, 1.807) is 0 Å². The second kappa shape index (κ2) is 7.64. The topological polar surface area (TPSA) is 21.3 Å². The zero-order valence-electron chi connectivity index (χ0n) is 11.1. The van der Waals surface area contributed by atoms with E-state index in [1.807, 2.05) is 0 Å². The van der Waals surface area contributed by atoms with E-state index in [1.165, 1.54) is 9.13 Å². The number of allylic oxidation sites excluding steroid dienone is 1. The summed E-state index contributed by atoms with van der Waals surface area (Å²) in [5.41, 5.74) is 1.26. The lowest BCUT2D eigenvalue weighted by atomic mass is 10.0. The molecule has 0 fully saturated rings. The molecule has 1 aromatic rings. The lowest BCUT2D eigenvalue weighted by Gasteiger charge is -2.26. The Morgan fingerprint density at radius 1 is 1.47 bits per heavy atom. The van der Waals surface area contributed by atoms with Crippen molar-refractivity contribution in [3.63, 3.8) is 0 Å². The van der Waals surface area contributed by atoms with Crippen molar-refractivity contribution in [2.24, 2.45) is 0 Å². The Bertz CT molecular complexity index is 461. The zero-order valence-corrected chi connectivity index (χ0v) is 14.8. The summed E-state index contributed by atoms with van der Waals surface area (Å²) < 4.78 is 8.24. The molecule has 0 aromatic heterocycles. The molecule has 0 saturated heterocycles. The van der Waals surface area contributed by atoms with Crippen LogP contribution in [-0.2, 0) is 4.74 Å². The highest BCUT2D eigenvalue weighted by Gasteiger charge is 2.21. The van der Waals surface area contributed by atoms with Gasteiger partial charge in [-0.2, -0.15) is 0 Å². The van der Waals surface area contributed by atoms with Crippen molar-refractivity contribution in [3.8, 4) is 0 Å². The van der Waals surface area contributed by atoms with Crippen LogP contribution in [0.1, 0.15) is 37.8 Å². The molecule has 1 heterocycles. The van der Waals surface area contributed by atoms with Crippen molar-refractivity contribution in [1.82, 2.24) is 5.32 Å². The molecule has 0 amide bonds. The lowest BCUT2D eigenvalue weighted by molar-refractivity contribution is 0.167. The standard InChI is InChI=1S/C15H19BrINO/c1-2-8-18-15(14-5-3-4-9-19-14)12-10-11(17)6-7-13(12)16/h5-7,10,15,18H,2-4,8-9H2,1H3. The highest BCUT2D eigenvalue weighted by Crippen LogP contribution is 2.32. The van der Waals surface area contributed by atoms with E-state index in [-0.39, 0.29) is 6.04 Å². The minimum absolute atomic E-state index is 0.157. The summed E-state index contributed by atoms with van der Waals surface area (Å²) in [6.07, 6.45) is 5.58. The van der Waals surface area contributed by atoms with E-state index in [0.717, 1.165) is 42.6 Å². The van der Waals surface area contributed by atoms with E-state index >= 15 is 0 Å². The van der Waals surface area contributed by atoms with Gasteiger partial charge in [-0.15, -0.1) is 0 Å². The van der Waals surface area contributed by atoms with Gasteiger partial charge >= 0.3 is 0 Å². The minimum Gasteiger partial charge on any atom is -0.496 e. The van der Waals surface area contributed by atoms with Gasteiger partial charge in [-0.25, -0.2) is 0 Å². The molecule has 1 unspecified atom stereocenters. The van der Waals surface area contributed by atoms with Crippen LogP contribution in [0.15, 0.2) is 34.5 Å². The molecule has 104 valence electrons. The third-order valence-corrected chi connectivity index (χ3v) is 4.51. The second-order valence-corrected chi connectivity index (χ2v) is 6.75. The number of rotatable bonds is 5. The van der Waals surface area contributed by atoms with Crippen molar-refractivity contribution in [1.29, 1.82) is 0 Å². The summed E-state index contributed by atoms with van der Waals surface area (Å²) in [4.78, 5) is 0. The molecule has 1 aliphatic rings. The normalized spacial score (nSPS) is 16.7. The van der Waals surface area contributed by atoms with Crippen LogP contribution < -0.4 is 5.32 Å². The predicted molar refractivity (Wildman–Crippen MR) is 91.2 cm³/mol. The van der Waals surface area contributed by atoms with Gasteiger partial charge in [0.25, 0.3) is 0 Å². The Balaban J connectivity index is 2.30. The first-order valence-electron chi connectivity index (χ1n) is 6.73. The van der Waals surface area contributed by atoms with Gasteiger partial charge in [0.05, 0.1) is 12.6 Å². The summed E-state index contributed by atoms with van der Waals surface area (Å²) in [5.74, 6) is 1.07. The number of halogens is 2. The van der Waals surface area contributed by atoms with Crippen molar-refractivity contribution in [2.75, 3.05) is 13.2 Å². The number of ether oxygens (including phenoxy) is 1. The van der Waals surface area contributed by atoms with Crippen LogP contribution >= 0.6 is 38.5 Å². The molecule has 2 nitrogen and oxygen atoms in total. The average molecular weight is 436 g/mol. The summed E-state index contributed by atoms with van der Waals surface area (Å²) in [7, 11) is 0. The molecule has 19 heavy (non-hydrogen) atoms. The summed E-state index contributed by atoms with van der Waals surface area (Å²) in [6, 6.07) is 6.60. The van der Waals surface area contributed by atoms with Gasteiger partial charge in [-0.1, -0.05) is 22.9 Å². The molecule has 4 heteroatoms. The number of nitrogens with one attached hydrogen (secondary N) is 1. The van der Waals surface area contributed by atoms with Gasteiger partial charge in [0.1, 0.15) is 5.76 Å². The Morgan fingerprint density at radius 2 is 2.32 bits per heavy atom. The first-order valence-corrected chi connectivity index (χ1v) is 8.60. The molecule has 0 saturated carbocycles. The molecule has 1 aliphatic heterocycles. The van der Waals surface area contributed by atoms with Gasteiger partial charge in [-0.3, -0.25) is 0 Å². The largest absolute Gasteiger partial charge is 0.496 e. The first-order chi connectivity index (χ1) is 9.22. The van der Waals surface area contributed by atoms with Crippen LogP contribution in [0.4, 0.5) is 0 Å². The summed E-state index contributed by atoms with van der Waals surface area (Å²) in [6.45, 7) is 4.00.